The van der Waals surface area contributed by atoms with Crippen molar-refractivity contribution in [2.45, 2.75) is 21.7 Å². The van der Waals surface area contributed by atoms with Crippen LogP contribution in [0.4, 0.5) is 4.79 Å². The average Bonchev–Trinajstić information content (AvgIpc) is 2.70. The summed E-state index contributed by atoms with van der Waals surface area (Å²) < 4.78 is -0.745. The molecule has 0 atom stereocenters. The topological polar surface area (TPSA) is 89.5 Å². The van der Waals surface area contributed by atoms with Gasteiger partial charge in [0.15, 0.2) is 0 Å². The van der Waals surface area contributed by atoms with Crippen molar-refractivity contribution < 1.29 is 9.63 Å². The molecule has 0 N–H and O–H groups in total. The molecule has 0 saturated carbocycles. The van der Waals surface area contributed by atoms with E-state index in [1.54, 1.807) is 0 Å². The third-order valence-corrected chi connectivity index (χ3v) is 6.33. The molecular formula is C11H9Cl3N4O2S3. The number of halogens is 3. The summed E-state index contributed by atoms with van der Waals surface area (Å²) in [5.41, 5.74) is -0.00604. The van der Waals surface area contributed by atoms with Crippen molar-refractivity contribution in [2.24, 2.45) is 5.16 Å². The van der Waals surface area contributed by atoms with Crippen LogP contribution in [-0.2, 0) is 4.84 Å². The number of hydrogen-bond donors (Lipinski definition) is 0. The first-order valence-corrected chi connectivity index (χ1v) is 9.24. The van der Waals surface area contributed by atoms with Crippen molar-refractivity contribution in [3.05, 3.63) is 9.81 Å². The van der Waals surface area contributed by atoms with E-state index in [9.17, 15) is 4.79 Å². The van der Waals surface area contributed by atoms with Crippen LogP contribution in [0.2, 0.25) is 0 Å². The van der Waals surface area contributed by atoms with Gasteiger partial charge in [0.2, 0.25) is 0 Å². The average molecular weight is 432 g/mol. The lowest BCUT2D eigenvalue weighted by Crippen LogP contribution is -2.25. The maximum absolute atomic E-state index is 11.8. The fourth-order valence-electron chi connectivity index (χ4n) is 1.18. The fraction of sp³-hybridized carbons (Fsp3) is 0.455. The number of thioether (sulfide) groups is 2. The summed E-state index contributed by atoms with van der Waals surface area (Å²) in [6.45, 7) is 3.66. The summed E-state index contributed by atoms with van der Waals surface area (Å²) in [5, 5.41) is 22.1. The van der Waals surface area contributed by atoms with E-state index in [1.165, 1.54) is 18.8 Å². The molecule has 0 aliphatic carbocycles. The first kappa shape index (κ1) is 20.6. The van der Waals surface area contributed by atoms with Gasteiger partial charge in [-0.2, -0.15) is 10.5 Å². The molecule has 6 nitrogen and oxygen atoms in total. The summed E-state index contributed by atoms with van der Waals surface area (Å²) in [5.74, 6) is 0. The number of rotatable bonds is 2. The molecule has 0 aromatic heterocycles. The Labute approximate surface area is 161 Å². The second-order valence-corrected chi connectivity index (χ2v) is 11.6. The van der Waals surface area contributed by atoms with Gasteiger partial charge in [-0.25, -0.2) is 9.10 Å². The first-order valence-electron chi connectivity index (χ1n) is 5.70. The molecule has 1 saturated heterocycles. The molecule has 1 rings (SSSR count). The van der Waals surface area contributed by atoms with Gasteiger partial charge < -0.3 is 0 Å². The summed E-state index contributed by atoms with van der Waals surface area (Å²) >= 11 is 19.7. The van der Waals surface area contributed by atoms with Gasteiger partial charge in [0.25, 0.3) is 3.12 Å². The lowest BCUT2D eigenvalue weighted by atomic mass is 10.2. The van der Waals surface area contributed by atoms with Crippen LogP contribution in [0.15, 0.2) is 15.0 Å². The molecule has 1 heterocycles. The molecular weight excluding hydrogens is 423 g/mol. The van der Waals surface area contributed by atoms with Crippen molar-refractivity contribution in [1.82, 2.24) is 4.31 Å². The quantitative estimate of drug-likeness (QED) is 0.203. The first-order chi connectivity index (χ1) is 10.5. The van der Waals surface area contributed by atoms with Gasteiger partial charge in [0.05, 0.1) is 8.98 Å². The number of nitrogens with zero attached hydrogens (tertiary/aromatic N) is 4. The van der Waals surface area contributed by atoms with Crippen molar-refractivity contribution in [1.29, 1.82) is 10.5 Å². The molecule has 1 aliphatic rings. The Morgan fingerprint density at radius 2 is 1.96 bits per heavy atom. The Morgan fingerprint density at radius 3 is 2.43 bits per heavy atom. The number of alkyl halides is 3. The van der Waals surface area contributed by atoms with Crippen LogP contribution in [-0.4, -0.2) is 30.4 Å². The molecule has 0 unspecified atom stereocenters. The number of nitriles is 2. The zero-order valence-electron chi connectivity index (χ0n) is 12.0. The Morgan fingerprint density at radius 1 is 1.39 bits per heavy atom. The monoisotopic (exact) mass is 430 g/mol. The fourth-order valence-corrected chi connectivity index (χ4v) is 5.28. The summed E-state index contributed by atoms with van der Waals surface area (Å²) in [6.07, 6.45) is -0.826. The van der Waals surface area contributed by atoms with Gasteiger partial charge in [-0.05, 0) is 13.8 Å². The predicted molar refractivity (Wildman–Crippen MR) is 97.1 cm³/mol. The van der Waals surface area contributed by atoms with Gasteiger partial charge in [0, 0.05) is 19.0 Å². The van der Waals surface area contributed by atoms with Crippen LogP contribution in [0.25, 0.3) is 0 Å². The Balaban J connectivity index is 2.85. The highest BCUT2D eigenvalue weighted by molar-refractivity contribution is 8.35. The molecule has 0 radical (unpaired) electrons. The smallest absolute Gasteiger partial charge is 0.296 e. The summed E-state index contributed by atoms with van der Waals surface area (Å²) in [4.78, 5) is 16.6. The van der Waals surface area contributed by atoms with Crippen molar-refractivity contribution in [3.63, 3.8) is 0 Å². The molecule has 1 amide bonds. The summed E-state index contributed by atoms with van der Waals surface area (Å²) in [6, 6.07) is 3.64. The number of amides is 1. The van der Waals surface area contributed by atoms with Gasteiger partial charge >= 0.3 is 6.09 Å². The van der Waals surface area contributed by atoms with Gasteiger partial charge in [0.1, 0.15) is 22.8 Å². The second-order valence-electron chi connectivity index (χ2n) is 4.39. The van der Waals surface area contributed by atoms with Crippen LogP contribution in [0.5, 0.6) is 0 Å². The number of carbonyl (C=O) groups excluding carboxylic acids is 1. The van der Waals surface area contributed by atoms with E-state index < -0.39 is 14.0 Å². The molecule has 1 aliphatic heterocycles. The Hall–Kier alpha value is -0.420. The second kappa shape index (κ2) is 8.11. The van der Waals surface area contributed by atoms with E-state index >= 15 is 0 Å². The number of allylic oxidation sites excluding steroid dienone is 1. The molecule has 0 aromatic carbocycles. The Bertz CT molecular complexity index is 630. The maximum Gasteiger partial charge on any atom is 0.445 e. The highest BCUT2D eigenvalue weighted by Crippen LogP contribution is 2.51. The maximum atomic E-state index is 11.8. The van der Waals surface area contributed by atoms with Gasteiger partial charge in [-0.1, -0.05) is 51.7 Å². The molecule has 0 aromatic rings. The number of hydrogen-bond acceptors (Lipinski definition) is 8. The molecule has 23 heavy (non-hydrogen) atoms. The lowest BCUT2D eigenvalue weighted by Gasteiger charge is -2.18. The van der Waals surface area contributed by atoms with Crippen LogP contribution >= 0.6 is 70.3 Å². The van der Waals surface area contributed by atoms with E-state index in [0.29, 0.717) is 21.2 Å². The Kier molecular flexibility index (Phi) is 7.27. The van der Waals surface area contributed by atoms with Gasteiger partial charge in [-0.3, -0.25) is 4.84 Å². The van der Waals surface area contributed by atoms with E-state index in [-0.39, 0.29) is 5.57 Å². The molecule has 124 valence electrons. The van der Waals surface area contributed by atoms with Crippen LogP contribution in [0.3, 0.4) is 0 Å². The minimum Gasteiger partial charge on any atom is -0.296 e. The van der Waals surface area contributed by atoms with Crippen LogP contribution in [0, 0.1) is 22.7 Å². The minimum atomic E-state index is -1.71. The predicted octanol–water partition coefficient (Wildman–Crippen LogP) is 4.86. The normalized spacial score (nSPS) is 18.3. The molecule has 0 bridgehead atoms. The minimum absolute atomic E-state index is 0.00604. The van der Waals surface area contributed by atoms with Crippen molar-refractivity contribution in [3.8, 4) is 12.1 Å². The highest BCUT2D eigenvalue weighted by Gasteiger charge is 2.39. The molecule has 1 fully saturated rings. The van der Waals surface area contributed by atoms with E-state index in [4.69, 9.17) is 50.2 Å². The zero-order valence-corrected chi connectivity index (χ0v) is 16.7. The molecule has 12 heteroatoms. The lowest BCUT2D eigenvalue weighted by molar-refractivity contribution is 0.137. The van der Waals surface area contributed by atoms with E-state index in [2.05, 4.69) is 5.16 Å². The SMILES string of the molecule is CN(SC(Cl)(Cl)Cl)C(=O)ON=C1SC(=C(C#N)C#N)SC1(C)C. The van der Waals surface area contributed by atoms with E-state index in [0.717, 1.165) is 16.1 Å². The van der Waals surface area contributed by atoms with E-state index in [1.807, 2.05) is 26.0 Å². The highest BCUT2D eigenvalue weighted by atomic mass is 35.6. The standard InChI is InChI=1S/C11H9Cl3N4O2S3/c1-10(2)8(21-7(22-10)6(4-15)5-16)17-20-9(19)18(3)23-11(12,13)14/h1-3H3. The van der Waals surface area contributed by atoms with Crippen molar-refractivity contribution in [2.75, 3.05) is 7.05 Å². The number of carbonyl (C=O) groups is 1. The third kappa shape index (κ3) is 6.18. The molecule has 0 spiro atoms. The number of oxime groups is 1. The van der Waals surface area contributed by atoms with Crippen LogP contribution in [0.1, 0.15) is 13.8 Å². The summed E-state index contributed by atoms with van der Waals surface area (Å²) in [7, 11) is 1.37. The van der Waals surface area contributed by atoms with Crippen molar-refractivity contribution >= 4 is 81.4 Å². The largest absolute Gasteiger partial charge is 0.445 e. The zero-order chi connectivity index (χ0) is 17.8. The van der Waals surface area contributed by atoms with Gasteiger partial charge in [-0.15, -0.1) is 11.8 Å². The van der Waals surface area contributed by atoms with Crippen LogP contribution < -0.4 is 0 Å². The third-order valence-electron chi connectivity index (χ3n) is 2.18.